The minimum atomic E-state index is -0.520. The van der Waals surface area contributed by atoms with E-state index < -0.39 is 11.5 Å². The van der Waals surface area contributed by atoms with Crippen molar-refractivity contribution in [3.05, 3.63) is 46.7 Å². The van der Waals surface area contributed by atoms with E-state index in [0.717, 1.165) is 5.56 Å². The van der Waals surface area contributed by atoms with Gasteiger partial charge in [0.15, 0.2) is 5.78 Å². The molecule has 0 aliphatic rings. The highest BCUT2D eigenvalue weighted by Gasteiger charge is 2.35. The molecule has 2 rings (SSSR count). The average molecular weight is 404 g/mol. The lowest BCUT2D eigenvalue weighted by Gasteiger charge is -2.33. The summed E-state index contributed by atoms with van der Waals surface area (Å²) in [5.41, 5.74) is 0.801. The van der Waals surface area contributed by atoms with Crippen LogP contribution in [0.5, 0.6) is 0 Å². The first-order valence-corrected chi connectivity index (χ1v) is 9.97. The fourth-order valence-corrected chi connectivity index (χ4v) is 3.30. The molecule has 0 N–H and O–H groups in total. The topological polar surface area (TPSA) is 50.5 Å². The summed E-state index contributed by atoms with van der Waals surface area (Å²) in [5.74, 6) is 1.30. The van der Waals surface area contributed by atoms with Crippen LogP contribution < -0.4 is 0 Å². The van der Waals surface area contributed by atoms with Crippen LogP contribution in [-0.4, -0.2) is 29.7 Å². The van der Waals surface area contributed by atoms with Crippen molar-refractivity contribution in [2.45, 2.75) is 54.0 Å². The molecule has 0 aliphatic heterocycles. The van der Waals surface area contributed by atoms with Crippen molar-refractivity contribution in [1.29, 1.82) is 0 Å². The molecule has 1 atom stereocenters. The second kappa shape index (κ2) is 8.52. The normalized spacial score (nSPS) is 12.9. The van der Waals surface area contributed by atoms with E-state index >= 15 is 0 Å². The Morgan fingerprint density at radius 1 is 1.14 bits per heavy atom. The number of rotatable bonds is 6. The molecule has 152 valence electrons. The van der Waals surface area contributed by atoms with Gasteiger partial charge in [0.25, 0.3) is 5.91 Å². The number of carbonyl (C=O) groups excluding carboxylic acids is 2. The van der Waals surface area contributed by atoms with Gasteiger partial charge in [-0.25, -0.2) is 0 Å². The van der Waals surface area contributed by atoms with E-state index in [9.17, 15) is 9.59 Å². The van der Waals surface area contributed by atoms with Gasteiger partial charge in [0.05, 0.1) is 11.6 Å². The highest BCUT2D eigenvalue weighted by atomic mass is 35.5. The Morgan fingerprint density at radius 2 is 1.71 bits per heavy atom. The number of likely N-dealkylation sites (N-methyl/N-ethyl adjacent to an activating group) is 1. The second-order valence-corrected chi connectivity index (χ2v) is 9.20. The molecule has 0 bridgehead atoms. The molecule has 0 saturated carbocycles. The number of ketones is 1. The maximum absolute atomic E-state index is 13.2. The van der Waals surface area contributed by atoms with Gasteiger partial charge < -0.3 is 9.32 Å². The van der Waals surface area contributed by atoms with Crippen LogP contribution in [0, 0.1) is 18.3 Å². The van der Waals surface area contributed by atoms with Gasteiger partial charge in [-0.05, 0) is 49.6 Å². The van der Waals surface area contributed by atoms with Crippen molar-refractivity contribution in [2.24, 2.45) is 11.3 Å². The fourth-order valence-electron chi connectivity index (χ4n) is 3.17. The zero-order chi connectivity index (χ0) is 21.2. The molecule has 1 aromatic heterocycles. The van der Waals surface area contributed by atoms with E-state index in [0.29, 0.717) is 34.4 Å². The largest absolute Gasteiger partial charge is 0.461 e. The third-order valence-electron chi connectivity index (χ3n) is 4.80. The smallest absolute Gasteiger partial charge is 0.257 e. The van der Waals surface area contributed by atoms with Gasteiger partial charge in [-0.1, -0.05) is 46.2 Å². The third kappa shape index (κ3) is 5.05. The van der Waals surface area contributed by atoms with Crippen LogP contribution in [0.15, 0.2) is 34.7 Å². The molecule has 5 heteroatoms. The zero-order valence-electron chi connectivity index (χ0n) is 17.8. The van der Waals surface area contributed by atoms with Crippen LogP contribution in [0.2, 0.25) is 5.02 Å². The highest BCUT2D eigenvalue weighted by Crippen LogP contribution is 2.29. The Morgan fingerprint density at radius 3 is 2.21 bits per heavy atom. The van der Waals surface area contributed by atoms with E-state index in [1.165, 1.54) is 0 Å². The number of furan rings is 1. The Bertz CT molecular complexity index is 844. The summed E-state index contributed by atoms with van der Waals surface area (Å²) >= 11 is 5.95. The van der Waals surface area contributed by atoms with Crippen molar-refractivity contribution in [3.63, 3.8) is 0 Å². The van der Waals surface area contributed by atoms with Crippen molar-refractivity contribution >= 4 is 23.3 Å². The monoisotopic (exact) mass is 403 g/mol. The lowest BCUT2D eigenvalue weighted by atomic mass is 9.83. The van der Waals surface area contributed by atoms with Crippen LogP contribution in [-0.2, 0) is 4.79 Å². The van der Waals surface area contributed by atoms with Gasteiger partial charge in [-0.3, -0.25) is 9.59 Å². The third-order valence-corrected chi connectivity index (χ3v) is 5.05. The van der Waals surface area contributed by atoms with Crippen LogP contribution in [0.1, 0.15) is 57.2 Å². The molecule has 1 amide bonds. The number of hydrogen-bond acceptors (Lipinski definition) is 3. The SMILES string of the molecule is Cc1oc(-c2ccc(Cl)cc2)cc1C(=O)N(C)[C@H](CC(C)C)C(=O)C(C)(C)C. The first kappa shape index (κ1) is 22.2. The molecule has 28 heavy (non-hydrogen) atoms. The van der Waals surface area contributed by atoms with Crippen molar-refractivity contribution in [1.82, 2.24) is 4.90 Å². The first-order valence-electron chi connectivity index (χ1n) is 9.59. The van der Waals surface area contributed by atoms with E-state index in [1.807, 2.05) is 32.9 Å². The summed E-state index contributed by atoms with van der Waals surface area (Å²) in [6.45, 7) is 11.6. The molecule has 1 aromatic carbocycles. The summed E-state index contributed by atoms with van der Waals surface area (Å²) < 4.78 is 5.82. The van der Waals surface area contributed by atoms with Gasteiger partial charge in [0.1, 0.15) is 11.5 Å². The molecule has 0 unspecified atom stereocenters. The average Bonchev–Trinajstić information content (AvgIpc) is 2.99. The van der Waals surface area contributed by atoms with Crippen LogP contribution in [0.25, 0.3) is 11.3 Å². The van der Waals surface area contributed by atoms with Crippen molar-refractivity contribution < 1.29 is 14.0 Å². The predicted octanol–water partition coefficient (Wildman–Crippen LogP) is 6.01. The Balaban J connectivity index is 2.34. The van der Waals surface area contributed by atoms with Gasteiger partial charge in [-0.15, -0.1) is 0 Å². The predicted molar refractivity (Wildman–Crippen MR) is 114 cm³/mol. The highest BCUT2D eigenvalue weighted by molar-refractivity contribution is 6.30. The minimum Gasteiger partial charge on any atom is -0.461 e. The van der Waals surface area contributed by atoms with Gasteiger partial charge in [-0.2, -0.15) is 0 Å². The quantitative estimate of drug-likeness (QED) is 0.593. The molecule has 1 heterocycles. The minimum absolute atomic E-state index is 0.0659. The number of amides is 1. The molecule has 0 radical (unpaired) electrons. The van der Waals surface area contributed by atoms with E-state index in [4.69, 9.17) is 16.0 Å². The van der Waals surface area contributed by atoms with Gasteiger partial charge in [0.2, 0.25) is 0 Å². The van der Waals surface area contributed by atoms with Crippen LogP contribution in [0.4, 0.5) is 0 Å². The number of Topliss-reactive ketones (excluding diaryl/α,β-unsaturated/α-hetero) is 1. The van der Waals surface area contributed by atoms with E-state index in [1.54, 1.807) is 37.1 Å². The van der Waals surface area contributed by atoms with Crippen molar-refractivity contribution in [2.75, 3.05) is 7.05 Å². The second-order valence-electron chi connectivity index (χ2n) is 8.76. The Hall–Kier alpha value is -2.07. The summed E-state index contributed by atoms with van der Waals surface area (Å²) in [5, 5.41) is 0.639. The number of carbonyl (C=O) groups is 2. The Kier molecular flexibility index (Phi) is 6.76. The number of nitrogens with zero attached hydrogens (tertiary/aromatic N) is 1. The number of aryl methyl sites for hydroxylation is 1. The summed E-state index contributed by atoms with van der Waals surface area (Å²) in [6.07, 6.45) is 0.624. The van der Waals surface area contributed by atoms with Crippen molar-refractivity contribution in [3.8, 4) is 11.3 Å². The molecular weight excluding hydrogens is 374 g/mol. The van der Waals surface area contributed by atoms with E-state index in [2.05, 4.69) is 13.8 Å². The summed E-state index contributed by atoms with van der Waals surface area (Å²) in [4.78, 5) is 27.8. The standard InChI is InChI=1S/C23H30ClNO3/c1-14(2)12-19(21(26)23(4,5)6)25(7)22(27)18-13-20(28-15(18)3)16-8-10-17(24)11-9-16/h8-11,13-14,19H,12H2,1-7H3/t19-/m1/s1. The zero-order valence-corrected chi connectivity index (χ0v) is 18.6. The molecule has 0 fully saturated rings. The Labute approximate surface area is 172 Å². The maximum atomic E-state index is 13.2. The molecule has 0 saturated heterocycles. The maximum Gasteiger partial charge on any atom is 0.257 e. The lowest BCUT2D eigenvalue weighted by Crippen LogP contribution is -2.47. The van der Waals surface area contributed by atoms with Gasteiger partial charge >= 0.3 is 0 Å². The summed E-state index contributed by atoms with van der Waals surface area (Å²) in [7, 11) is 1.70. The van der Waals surface area contributed by atoms with Crippen LogP contribution in [0.3, 0.4) is 0 Å². The molecular formula is C23H30ClNO3. The van der Waals surface area contributed by atoms with E-state index in [-0.39, 0.29) is 11.7 Å². The molecule has 0 spiro atoms. The van der Waals surface area contributed by atoms with Crippen LogP contribution >= 0.6 is 11.6 Å². The fraction of sp³-hybridized carbons (Fsp3) is 0.478. The number of halogens is 1. The summed E-state index contributed by atoms with van der Waals surface area (Å²) in [6, 6.07) is 8.53. The number of hydrogen-bond donors (Lipinski definition) is 0. The first-order chi connectivity index (χ1) is 12.9. The molecule has 4 nitrogen and oxygen atoms in total. The van der Waals surface area contributed by atoms with Gasteiger partial charge in [0, 0.05) is 23.0 Å². The number of benzene rings is 1. The lowest BCUT2D eigenvalue weighted by molar-refractivity contribution is -0.131. The molecule has 0 aliphatic carbocycles. The molecule has 2 aromatic rings.